The Morgan fingerprint density at radius 3 is 3.00 bits per heavy atom. The maximum absolute atomic E-state index is 12.6. The molecule has 1 amide bonds. The Balaban J connectivity index is 1.69. The molecule has 5 nitrogen and oxygen atoms in total. The van der Waals surface area contributed by atoms with E-state index in [1.807, 2.05) is 38.1 Å². The van der Waals surface area contributed by atoms with Gasteiger partial charge in [0.25, 0.3) is 0 Å². The molecule has 0 unspecified atom stereocenters. The molecule has 140 valence electrons. The van der Waals surface area contributed by atoms with Crippen molar-refractivity contribution in [3.8, 4) is 0 Å². The Kier molecular flexibility index (Phi) is 6.42. The summed E-state index contributed by atoms with van der Waals surface area (Å²) in [5.41, 5.74) is 2.93. The normalized spacial score (nSPS) is 18.1. The molecule has 7 heteroatoms. The number of benzene rings is 1. The Morgan fingerprint density at radius 1 is 1.50 bits per heavy atom. The molecule has 1 fully saturated rings. The summed E-state index contributed by atoms with van der Waals surface area (Å²) >= 11 is 4.92. The van der Waals surface area contributed by atoms with Gasteiger partial charge in [0.1, 0.15) is 0 Å². The van der Waals surface area contributed by atoms with Crippen LogP contribution >= 0.6 is 27.7 Å². The number of aromatic nitrogens is 2. The van der Waals surface area contributed by atoms with Crippen molar-refractivity contribution in [3.05, 3.63) is 40.1 Å². The molecule has 0 bridgehead atoms. The summed E-state index contributed by atoms with van der Waals surface area (Å²) in [6.45, 7) is 7.64. The first-order valence-corrected chi connectivity index (χ1v) is 10.5. The molecule has 0 saturated carbocycles. The predicted molar refractivity (Wildman–Crippen MR) is 109 cm³/mol. The average Bonchev–Trinajstić information content (AvgIpc) is 3.19. The number of aryl methyl sites for hydroxylation is 1. The Bertz CT molecular complexity index is 787. The van der Waals surface area contributed by atoms with Crippen LogP contribution in [0.3, 0.4) is 0 Å². The standard InChI is InChI=1S/C19H24BrN3O2S/c1-12-13(2)23(11-17-8-5-9-25-17)19(21-12)26-14(3)18(24)22-16-7-4-6-15(20)10-16/h4,6-7,10,14,17H,5,8-9,11H2,1-3H3,(H,22,24)/t14-,17-/m1/s1. The van der Waals surface area contributed by atoms with Gasteiger partial charge in [-0.2, -0.15) is 0 Å². The molecule has 2 atom stereocenters. The third-order valence-corrected chi connectivity index (χ3v) is 6.16. The number of amides is 1. The van der Waals surface area contributed by atoms with Gasteiger partial charge < -0.3 is 14.6 Å². The number of thioether (sulfide) groups is 1. The molecule has 1 aromatic heterocycles. The molecule has 3 rings (SSSR count). The van der Waals surface area contributed by atoms with Crippen molar-refractivity contribution in [1.29, 1.82) is 0 Å². The fourth-order valence-electron chi connectivity index (χ4n) is 2.94. The fourth-order valence-corrected chi connectivity index (χ4v) is 4.35. The van der Waals surface area contributed by atoms with Crippen LogP contribution in [-0.4, -0.2) is 33.4 Å². The van der Waals surface area contributed by atoms with Crippen LogP contribution in [0.1, 0.15) is 31.2 Å². The van der Waals surface area contributed by atoms with E-state index >= 15 is 0 Å². The highest BCUT2D eigenvalue weighted by Crippen LogP contribution is 2.28. The minimum Gasteiger partial charge on any atom is -0.376 e. The van der Waals surface area contributed by atoms with Crippen molar-refractivity contribution in [2.24, 2.45) is 0 Å². The zero-order chi connectivity index (χ0) is 18.7. The molecule has 0 aliphatic carbocycles. The van der Waals surface area contributed by atoms with E-state index in [4.69, 9.17) is 4.74 Å². The van der Waals surface area contributed by atoms with Crippen LogP contribution in [0, 0.1) is 13.8 Å². The highest BCUT2D eigenvalue weighted by Gasteiger charge is 2.23. The smallest absolute Gasteiger partial charge is 0.237 e. The summed E-state index contributed by atoms with van der Waals surface area (Å²) in [6, 6.07) is 7.61. The molecule has 1 aromatic carbocycles. The minimum atomic E-state index is -0.251. The zero-order valence-electron chi connectivity index (χ0n) is 15.3. The van der Waals surface area contributed by atoms with Gasteiger partial charge >= 0.3 is 0 Å². The number of ether oxygens (including phenoxy) is 1. The number of imidazole rings is 1. The number of carbonyl (C=O) groups is 1. The Morgan fingerprint density at radius 2 is 2.31 bits per heavy atom. The van der Waals surface area contributed by atoms with Crippen LogP contribution in [0.4, 0.5) is 5.69 Å². The summed E-state index contributed by atoms with van der Waals surface area (Å²) in [4.78, 5) is 17.2. The Hall–Kier alpha value is -1.31. The van der Waals surface area contributed by atoms with Crippen LogP contribution in [-0.2, 0) is 16.1 Å². The SMILES string of the molecule is Cc1nc(S[C@H](C)C(=O)Nc2cccc(Br)c2)n(C[C@H]2CCCO2)c1C. The molecule has 0 radical (unpaired) electrons. The monoisotopic (exact) mass is 437 g/mol. The largest absolute Gasteiger partial charge is 0.376 e. The van der Waals surface area contributed by atoms with E-state index < -0.39 is 0 Å². The van der Waals surface area contributed by atoms with Gasteiger partial charge in [0.05, 0.1) is 23.6 Å². The zero-order valence-corrected chi connectivity index (χ0v) is 17.7. The highest BCUT2D eigenvalue weighted by atomic mass is 79.9. The lowest BCUT2D eigenvalue weighted by atomic mass is 10.2. The van der Waals surface area contributed by atoms with Crippen molar-refractivity contribution >= 4 is 39.3 Å². The highest BCUT2D eigenvalue weighted by molar-refractivity contribution is 9.10. The maximum Gasteiger partial charge on any atom is 0.237 e. The predicted octanol–water partition coefficient (Wildman–Crippen LogP) is 4.56. The molecule has 0 spiro atoms. The number of nitrogens with zero attached hydrogens (tertiary/aromatic N) is 2. The van der Waals surface area contributed by atoms with Crippen LogP contribution in [0.25, 0.3) is 0 Å². The second kappa shape index (κ2) is 8.59. The molecule has 1 aliphatic heterocycles. The molecular weight excluding hydrogens is 414 g/mol. The van der Waals surface area contributed by atoms with Crippen LogP contribution in [0.15, 0.2) is 33.9 Å². The van der Waals surface area contributed by atoms with E-state index in [0.29, 0.717) is 0 Å². The summed E-state index contributed by atoms with van der Waals surface area (Å²) in [5.74, 6) is -0.0323. The number of hydrogen-bond acceptors (Lipinski definition) is 4. The van der Waals surface area contributed by atoms with Gasteiger partial charge in [-0.25, -0.2) is 4.98 Å². The lowest BCUT2D eigenvalue weighted by molar-refractivity contribution is -0.115. The van der Waals surface area contributed by atoms with E-state index in [0.717, 1.165) is 52.7 Å². The fraction of sp³-hybridized carbons (Fsp3) is 0.474. The topological polar surface area (TPSA) is 56.2 Å². The number of anilines is 1. The van der Waals surface area contributed by atoms with Gasteiger partial charge in [0.2, 0.25) is 5.91 Å². The average molecular weight is 438 g/mol. The number of halogens is 1. The van der Waals surface area contributed by atoms with E-state index in [1.165, 1.54) is 11.8 Å². The Labute approximate surface area is 167 Å². The van der Waals surface area contributed by atoms with Crippen LogP contribution in [0.5, 0.6) is 0 Å². The summed E-state index contributed by atoms with van der Waals surface area (Å²) in [5, 5.41) is 3.60. The molecular formula is C19H24BrN3O2S. The first kappa shape index (κ1) is 19.5. The van der Waals surface area contributed by atoms with Crippen LogP contribution in [0.2, 0.25) is 0 Å². The van der Waals surface area contributed by atoms with Gasteiger partial charge in [-0.1, -0.05) is 33.8 Å². The van der Waals surface area contributed by atoms with E-state index in [2.05, 4.69) is 37.7 Å². The molecule has 2 aromatic rings. The third-order valence-electron chi connectivity index (χ3n) is 4.58. The van der Waals surface area contributed by atoms with Crippen molar-refractivity contribution in [2.75, 3.05) is 11.9 Å². The van der Waals surface area contributed by atoms with Gasteiger partial charge in [-0.05, 0) is 51.8 Å². The second-order valence-corrected chi connectivity index (χ2v) is 8.79. The van der Waals surface area contributed by atoms with Crippen molar-refractivity contribution in [1.82, 2.24) is 9.55 Å². The number of rotatable bonds is 6. The van der Waals surface area contributed by atoms with Crippen molar-refractivity contribution < 1.29 is 9.53 Å². The van der Waals surface area contributed by atoms with Gasteiger partial charge in [0, 0.05) is 22.5 Å². The molecule has 1 saturated heterocycles. The van der Waals surface area contributed by atoms with Crippen molar-refractivity contribution in [2.45, 2.75) is 56.7 Å². The second-order valence-electron chi connectivity index (χ2n) is 6.57. The van der Waals surface area contributed by atoms with Crippen LogP contribution < -0.4 is 5.32 Å². The van der Waals surface area contributed by atoms with E-state index in [9.17, 15) is 4.79 Å². The lowest BCUT2D eigenvalue weighted by Crippen LogP contribution is -2.23. The summed E-state index contributed by atoms with van der Waals surface area (Å²) < 4.78 is 8.91. The first-order valence-electron chi connectivity index (χ1n) is 8.82. The number of nitrogens with one attached hydrogen (secondary N) is 1. The number of carbonyl (C=O) groups excluding carboxylic acids is 1. The molecule has 2 heterocycles. The molecule has 1 aliphatic rings. The first-order chi connectivity index (χ1) is 12.4. The molecule has 26 heavy (non-hydrogen) atoms. The number of hydrogen-bond donors (Lipinski definition) is 1. The van der Waals surface area contributed by atoms with E-state index in [-0.39, 0.29) is 17.3 Å². The lowest BCUT2D eigenvalue weighted by Gasteiger charge is -2.16. The van der Waals surface area contributed by atoms with Gasteiger partial charge in [-0.3, -0.25) is 4.79 Å². The minimum absolute atomic E-state index is 0.0323. The van der Waals surface area contributed by atoms with E-state index in [1.54, 1.807) is 0 Å². The summed E-state index contributed by atoms with van der Waals surface area (Å²) in [7, 11) is 0. The maximum atomic E-state index is 12.6. The quantitative estimate of drug-likeness (QED) is 0.672. The van der Waals surface area contributed by atoms with Gasteiger partial charge in [0.15, 0.2) is 5.16 Å². The summed E-state index contributed by atoms with van der Waals surface area (Å²) in [6.07, 6.45) is 2.44. The van der Waals surface area contributed by atoms with Crippen molar-refractivity contribution in [3.63, 3.8) is 0 Å². The van der Waals surface area contributed by atoms with Gasteiger partial charge in [-0.15, -0.1) is 0 Å². The molecule has 1 N–H and O–H groups in total. The third kappa shape index (κ3) is 4.69.